The third kappa shape index (κ3) is 4.17. The van der Waals surface area contributed by atoms with E-state index < -0.39 is 0 Å². The normalized spacial score (nSPS) is 10.9. The van der Waals surface area contributed by atoms with E-state index in [4.69, 9.17) is 4.42 Å². The highest BCUT2D eigenvalue weighted by molar-refractivity contribution is 5.76. The zero-order valence-electron chi connectivity index (χ0n) is 17.3. The molecule has 0 atom stereocenters. The van der Waals surface area contributed by atoms with Crippen LogP contribution in [0.15, 0.2) is 65.1 Å². The van der Waals surface area contributed by atoms with Crippen LogP contribution in [0.25, 0.3) is 22.9 Å². The van der Waals surface area contributed by atoms with Gasteiger partial charge in [-0.2, -0.15) is 0 Å². The van der Waals surface area contributed by atoms with Gasteiger partial charge in [-0.1, -0.05) is 48.0 Å². The van der Waals surface area contributed by atoms with Crippen molar-refractivity contribution in [1.29, 1.82) is 0 Å². The molecule has 6 nitrogen and oxygen atoms in total. The van der Waals surface area contributed by atoms with Crippen molar-refractivity contribution in [3.63, 3.8) is 0 Å². The Morgan fingerprint density at radius 1 is 0.967 bits per heavy atom. The maximum atomic E-state index is 12.5. The second kappa shape index (κ2) is 8.37. The number of aromatic nitrogens is 3. The van der Waals surface area contributed by atoms with E-state index in [-0.39, 0.29) is 12.5 Å². The van der Waals surface area contributed by atoms with Crippen LogP contribution in [0, 0.1) is 20.8 Å². The van der Waals surface area contributed by atoms with Crippen molar-refractivity contribution in [1.82, 2.24) is 20.1 Å². The van der Waals surface area contributed by atoms with Crippen LogP contribution in [0.4, 0.5) is 0 Å². The molecule has 0 fully saturated rings. The highest BCUT2D eigenvalue weighted by atomic mass is 16.4. The fourth-order valence-corrected chi connectivity index (χ4v) is 3.40. The lowest BCUT2D eigenvalue weighted by Crippen LogP contribution is -2.27. The lowest BCUT2D eigenvalue weighted by molar-refractivity contribution is -0.121. The highest BCUT2D eigenvalue weighted by Crippen LogP contribution is 2.28. The van der Waals surface area contributed by atoms with Crippen LogP contribution in [0.1, 0.15) is 22.5 Å². The summed E-state index contributed by atoms with van der Waals surface area (Å²) in [5, 5.41) is 11.4. The molecule has 0 radical (unpaired) electrons. The lowest BCUT2D eigenvalue weighted by atomic mass is 10.1. The number of nitrogens with one attached hydrogen (secondary N) is 1. The molecule has 152 valence electrons. The fourth-order valence-electron chi connectivity index (χ4n) is 3.40. The summed E-state index contributed by atoms with van der Waals surface area (Å²) in [6.07, 6.45) is 0. The molecule has 0 spiro atoms. The van der Waals surface area contributed by atoms with Crippen molar-refractivity contribution in [2.24, 2.45) is 0 Å². The van der Waals surface area contributed by atoms with Crippen molar-refractivity contribution in [2.45, 2.75) is 33.9 Å². The van der Waals surface area contributed by atoms with Gasteiger partial charge in [0.15, 0.2) is 0 Å². The zero-order valence-corrected chi connectivity index (χ0v) is 17.3. The van der Waals surface area contributed by atoms with Gasteiger partial charge in [0, 0.05) is 23.5 Å². The molecule has 2 aromatic heterocycles. The topological polar surface area (TPSA) is 73.0 Å². The number of benzene rings is 2. The number of nitrogens with zero attached hydrogens (tertiary/aromatic N) is 3. The second-order valence-corrected chi connectivity index (χ2v) is 7.41. The van der Waals surface area contributed by atoms with Gasteiger partial charge in [-0.25, -0.2) is 0 Å². The third-order valence-electron chi connectivity index (χ3n) is 5.16. The summed E-state index contributed by atoms with van der Waals surface area (Å²) >= 11 is 0. The Morgan fingerprint density at radius 3 is 2.40 bits per heavy atom. The summed E-state index contributed by atoms with van der Waals surface area (Å²) in [4.78, 5) is 12.5. The molecular weight excluding hydrogens is 376 g/mol. The van der Waals surface area contributed by atoms with Crippen molar-refractivity contribution in [3.8, 4) is 22.9 Å². The Balaban J connectivity index is 1.47. The number of aryl methyl sites for hydroxylation is 2. The molecule has 0 aliphatic heterocycles. The van der Waals surface area contributed by atoms with E-state index in [1.54, 1.807) is 0 Å². The van der Waals surface area contributed by atoms with E-state index >= 15 is 0 Å². The molecule has 4 rings (SSSR count). The van der Waals surface area contributed by atoms with Crippen LogP contribution in [0.5, 0.6) is 0 Å². The number of carbonyl (C=O) groups excluding carboxylic acids is 1. The van der Waals surface area contributed by atoms with Crippen molar-refractivity contribution in [2.75, 3.05) is 0 Å². The quantitative estimate of drug-likeness (QED) is 0.519. The minimum absolute atomic E-state index is 0.0422. The number of amides is 1. The van der Waals surface area contributed by atoms with Crippen LogP contribution >= 0.6 is 0 Å². The average Bonchev–Trinajstić information content (AvgIpc) is 3.35. The van der Waals surface area contributed by atoms with E-state index in [1.165, 1.54) is 5.56 Å². The van der Waals surface area contributed by atoms with E-state index in [0.717, 1.165) is 28.1 Å². The summed E-state index contributed by atoms with van der Waals surface area (Å²) in [5.41, 5.74) is 5.88. The molecule has 0 aliphatic rings. The molecule has 4 aromatic rings. The summed E-state index contributed by atoms with van der Waals surface area (Å²) in [5.74, 6) is 0.888. The Bertz CT molecular complexity index is 1160. The number of hydrogen-bond acceptors (Lipinski definition) is 4. The van der Waals surface area contributed by atoms with Gasteiger partial charge in [-0.05, 0) is 44.5 Å². The fraction of sp³-hybridized carbons (Fsp3) is 0.208. The summed E-state index contributed by atoms with van der Waals surface area (Å²) in [6, 6.07) is 19.8. The molecule has 0 aliphatic carbocycles. The molecule has 0 saturated heterocycles. The molecule has 2 heterocycles. The monoisotopic (exact) mass is 400 g/mol. The third-order valence-corrected chi connectivity index (χ3v) is 5.16. The maximum Gasteiger partial charge on any atom is 0.249 e. The molecule has 30 heavy (non-hydrogen) atoms. The molecule has 2 aromatic carbocycles. The second-order valence-electron chi connectivity index (χ2n) is 7.41. The Hall–Kier alpha value is -3.67. The largest absolute Gasteiger partial charge is 0.416 e. The van der Waals surface area contributed by atoms with Gasteiger partial charge >= 0.3 is 0 Å². The highest BCUT2D eigenvalue weighted by Gasteiger charge is 2.18. The van der Waals surface area contributed by atoms with E-state index in [9.17, 15) is 4.79 Å². The van der Waals surface area contributed by atoms with Gasteiger partial charge in [0.2, 0.25) is 17.7 Å². The maximum absolute atomic E-state index is 12.5. The van der Waals surface area contributed by atoms with Crippen LogP contribution in [0.2, 0.25) is 0 Å². The first-order valence-corrected chi connectivity index (χ1v) is 9.89. The van der Waals surface area contributed by atoms with Gasteiger partial charge in [0.25, 0.3) is 0 Å². The number of carbonyl (C=O) groups is 1. The summed E-state index contributed by atoms with van der Waals surface area (Å²) in [7, 11) is 0. The molecule has 0 bridgehead atoms. The van der Waals surface area contributed by atoms with Gasteiger partial charge in [-0.15, -0.1) is 10.2 Å². The van der Waals surface area contributed by atoms with Gasteiger partial charge in [-0.3, -0.25) is 4.79 Å². The Morgan fingerprint density at radius 2 is 1.67 bits per heavy atom. The molecular formula is C24H24N4O2. The van der Waals surface area contributed by atoms with Crippen LogP contribution < -0.4 is 5.32 Å². The molecule has 1 amide bonds. The van der Waals surface area contributed by atoms with Crippen LogP contribution in [-0.2, 0) is 17.9 Å². The first kappa shape index (κ1) is 19.6. The van der Waals surface area contributed by atoms with Crippen LogP contribution in [0.3, 0.4) is 0 Å². The first-order chi connectivity index (χ1) is 14.5. The minimum atomic E-state index is -0.0422. The predicted molar refractivity (Wildman–Crippen MR) is 116 cm³/mol. The van der Waals surface area contributed by atoms with E-state index in [0.29, 0.717) is 18.3 Å². The number of rotatable bonds is 6. The van der Waals surface area contributed by atoms with E-state index in [1.807, 2.05) is 86.0 Å². The predicted octanol–water partition coefficient (Wildman–Crippen LogP) is 4.45. The average molecular weight is 400 g/mol. The molecule has 6 heteroatoms. The molecule has 1 N–H and O–H groups in total. The summed E-state index contributed by atoms with van der Waals surface area (Å²) < 4.78 is 7.85. The molecule has 0 unspecified atom stereocenters. The van der Waals surface area contributed by atoms with Crippen LogP contribution in [-0.4, -0.2) is 20.7 Å². The zero-order chi connectivity index (χ0) is 21.1. The standard InChI is InChI=1S/C24H24N4O2/c1-16-9-11-19(12-10-16)14-25-22(29)15-28-17(2)13-21(18(28)3)24-27-26-23(30-24)20-7-5-4-6-8-20/h4-13H,14-15H2,1-3H3,(H,25,29). The SMILES string of the molecule is Cc1ccc(CNC(=O)Cn2c(C)cc(-c3nnc(-c4ccccc4)o3)c2C)cc1. The number of hydrogen-bond donors (Lipinski definition) is 1. The van der Waals surface area contributed by atoms with Crippen molar-refractivity contribution < 1.29 is 9.21 Å². The van der Waals surface area contributed by atoms with Crippen molar-refractivity contribution in [3.05, 3.63) is 83.2 Å². The lowest BCUT2D eigenvalue weighted by Gasteiger charge is -2.10. The Labute approximate surface area is 175 Å². The first-order valence-electron chi connectivity index (χ1n) is 9.89. The molecule has 0 saturated carbocycles. The van der Waals surface area contributed by atoms with E-state index in [2.05, 4.69) is 15.5 Å². The Kier molecular flexibility index (Phi) is 5.48. The van der Waals surface area contributed by atoms with Crippen molar-refractivity contribution >= 4 is 5.91 Å². The van der Waals surface area contributed by atoms with Gasteiger partial charge in [0.05, 0.1) is 5.56 Å². The summed E-state index contributed by atoms with van der Waals surface area (Å²) in [6.45, 7) is 6.72. The smallest absolute Gasteiger partial charge is 0.249 e. The minimum Gasteiger partial charge on any atom is -0.416 e. The van der Waals surface area contributed by atoms with Gasteiger partial charge in [0.1, 0.15) is 6.54 Å². The van der Waals surface area contributed by atoms with Gasteiger partial charge < -0.3 is 14.3 Å².